The molecule has 0 saturated heterocycles. The first-order valence-corrected chi connectivity index (χ1v) is 22.3. The Morgan fingerprint density at radius 3 is 1.54 bits per heavy atom. The van der Waals surface area contributed by atoms with Gasteiger partial charge in [-0.3, -0.25) is 14.6 Å². The van der Waals surface area contributed by atoms with E-state index in [9.17, 15) is 24.3 Å². The van der Waals surface area contributed by atoms with Crippen LogP contribution in [0.5, 0.6) is 46.0 Å². The Labute approximate surface area is 389 Å². The molecule has 4 aromatic carbocycles. The summed E-state index contributed by atoms with van der Waals surface area (Å²) >= 11 is 4.69. The zero-order chi connectivity index (χ0) is 46.7. The van der Waals surface area contributed by atoms with Crippen LogP contribution in [-0.4, -0.2) is 105 Å². The van der Waals surface area contributed by atoms with Crippen molar-refractivity contribution >= 4 is 34.8 Å². The molecule has 6 heterocycles. The van der Waals surface area contributed by atoms with Crippen LogP contribution in [0.1, 0.15) is 82.3 Å². The molecule has 6 atom stereocenters. The number of aliphatic hydroxyl groups excluding tert-OH is 1. The second kappa shape index (κ2) is 18.0. The first-order chi connectivity index (χ1) is 32.4. The van der Waals surface area contributed by atoms with Crippen LogP contribution < -0.4 is 37.9 Å². The highest BCUT2D eigenvalue weighted by Gasteiger charge is 2.49. The van der Waals surface area contributed by atoms with Crippen molar-refractivity contribution in [1.29, 1.82) is 0 Å². The number of ether oxygens (including phenoxy) is 11. The maximum atomic E-state index is 12.6. The van der Waals surface area contributed by atoms with Crippen molar-refractivity contribution in [3.05, 3.63) is 93.0 Å². The van der Waals surface area contributed by atoms with Crippen molar-refractivity contribution in [2.75, 3.05) is 54.5 Å². The van der Waals surface area contributed by atoms with Crippen LogP contribution in [0.25, 0.3) is 0 Å². The van der Waals surface area contributed by atoms with Crippen molar-refractivity contribution in [3.8, 4) is 46.0 Å². The van der Waals surface area contributed by atoms with Gasteiger partial charge in [0.1, 0.15) is 6.10 Å². The number of carbonyl (C=O) groups is 4. The molecule has 1 N–H and O–H groups in total. The summed E-state index contributed by atoms with van der Waals surface area (Å²) in [5.41, 5.74) is 8.77. The Balaban J connectivity index is 0.000000138. The van der Waals surface area contributed by atoms with E-state index < -0.39 is 35.4 Å². The molecule has 18 nitrogen and oxygen atoms in total. The molecule has 0 fully saturated rings. The van der Waals surface area contributed by atoms with E-state index in [-0.39, 0.29) is 64.3 Å². The lowest BCUT2D eigenvalue weighted by atomic mass is 9.70. The van der Waals surface area contributed by atoms with Crippen molar-refractivity contribution in [2.24, 2.45) is 0 Å². The van der Waals surface area contributed by atoms with E-state index >= 15 is 0 Å². The van der Waals surface area contributed by atoms with Crippen LogP contribution in [0.15, 0.2) is 48.5 Å². The van der Waals surface area contributed by atoms with E-state index in [1.807, 2.05) is 43.4 Å². The largest absolute Gasteiger partial charge is 0.459 e. The number of hydrogen-bond acceptors (Lipinski definition) is 18. The third kappa shape index (κ3) is 7.94. The minimum atomic E-state index is -1.08. The Hall–Kier alpha value is -6.47. The van der Waals surface area contributed by atoms with Gasteiger partial charge in [-0.1, -0.05) is 12.1 Å². The van der Waals surface area contributed by atoms with Crippen molar-refractivity contribution < 1.29 is 76.4 Å². The molecule has 0 saturated carbocycles. The van der Waals surface area contributed by atoms with E-state index in [0.29, 0.717) is 36.6 Å². The van der Waals surface area contributed by atoms with Gasteiger partial charge in [-0.25, -0.2) is 14.4 Å². The van der Waals surface area contributed by atoms with E-state index in [0.717, 1.165) is 74.2 Å². The van der Waals surface area contributed by atoms with Gasteiger partial charge >= 0.3 is 23.2 Å². The normalized spacial score (nSPS) is 23.5. The zero-order valence-corrected chi connectivity index (χ0v) is 37.8. The maximum absolute atomic E-state index is 12.6. The fourth-order valence-corrected chi connectivity index (χ4v) is 10.6. The predicted molar refractivity (Wildman–Crippen MR) is 232 cm³/mol. The lowest BCUT2D eigenvalue weighted by Gasteiger charge is -2.47. The topological polar surface area (TPSA) is 197 Å². The van der Waals surface area contributed by atoms with Crippen LogP contribution >= 0.6 is 11.6 Å². The molecule has 0 spiro atoms. The Bertz CT molecular complexity index is 2670. The van der Waals surface area contributed by atoms with Gasteiger partial charge in [-0.15, -0.1) is 0 Å². The fourth-order valence-electron chi connectivity index (χ4n) is 10.6. The van der Waals surface area contributed by atoms with Crippen molar-refractivity contribution in [1.82, 2.24) is 9.80 Å². The Morgan fingerprint density at radius 1 is 0.582 bits per heavy atom. The highest BCUT2D eigenvalue weighted by molar-refractivity contribution is 6.80. The van der Waals surface area contributed by atoms with Gasteiger partial charge in [0.05, 0.1) is 19.3 Å². The molecule has 6 aliphatic heterocycles. The summed E-state index contributed by atoms with van der Waals surface area (Å²) in [6.45, 7) is 5.79. The molecule has 12 rings (SSSR count). The molecular formula is C48H47ClN2O16. The molecule has 0 radical (unpaired) electrons. The summed E-state index contributed by atoms with van der Waals surface area (Å²) in [5.74, 6) is 2.82. The fraction of sp³-hybridized carbons (Fsp3) is 0.417. The predicted octanol–water partition coefficient (Wildman–Crippen LogP) is 5.09. The number of halogens is 1. The van der Waals surface area contributed by atoms with Crippen molar-refractivity contribution in [3.63, 3.8) is 0 Å². The molecule has 2 aliphatic carbocycles. The van der Waals surface area contributed by atoms with Crippen LogP contribution in [0.3, 0.4) is 0 Å². The van der Waals surface area contributed by atoms with Crippen LogP contribution in [0, 0.1) is 0 Å². The van der Waals surface area contributed by atoms with Gasteiger partial charge in [0.2, 0.25) is 27.2 Å². The molecular weight excluding hydrogens is 896 g/mol. The number of aliphatic hydroxyl groups is 1. The number of rotatable bonds is 4. The number of benzene rings is 4. The first-order valence-electron chi connectivity index (χ1n) is 21.9. The third-order valence-electron chi connectivity index (χ3n) is 13.2. The minimum absolute atomic E-state index is 0.00822. The summed E-state index contributed by atoms with van der Waals surface area (Å²) < 4.78 is 59.8. The summed E-state index contributed by atoms with van der Waals surface area (Å²) in [7, 11) is 4.13. The summed E-state index contributed by atoms with van der Waals surface area (Å²) in [4.78, 5) is 49.0. The maximum Gasteiger partial charge on any atom is 0.417 e. The third-order valence-corrected chi connectivity index (χ3v) is 13.4. The van der Waals surface area contributed by atoms with Gasteiger partial charge in [0.25, 0.3) is 0 Å². The monoisotopic (exact) mass is 942 g/mol. The molecule has 4 aromatic rings. The smallest absolute Gasteiger partial charge is 0.417 e. The average Bonchev–Trinajstić information content (AvgIpc) is 4.16. The summed E-state index contributed by atoms with van der Waals surface area (Å²) in [6.07, 6.45) is -0.00843. The Morgan fingerprint density at radius 2 is 1.03 bits per heavy atom. The quantitative estimate of drug-likeness (QED) is 0.123. The SMILES string of the molecule is CCOC(=O)C(=O)Cl.CCOC(=O)C(=O)OC1Cc2cc3c(cc2C2C1c1ccc4c(c1CN2C)OCO4)OCO3.CN1Cc2c(ccc3c2OCO3)C2C(O)Cc3cc4c(cc3C21)OCO4. The van der Waals surface area contributed by atoms with Gasteiger partial charge in [0.15, 0.2) is 46.0 Å². The molecule has 0 aromatic heterocycles. The number of carbonyl (C=O) groups excluding carboxylic acids is 4. The molecule has 8 aliphatic rings. The number of hydrogen-bond donors (Lipinski definition) is 1. The highest BCUT2D eigenvalue weighted by atomic mass is 35.5. The highest BCUT2D eigenvalue weighted by Crippen LogP contribution is 2.56. The number of fused-ring (bicyclic) bond motifs is 16. The van der Waals surface area contributed by atoms with Gasteiger partial charge < -0.3 is 57.2 Å². The lowest BCUT2D eigenvalue weighted by Crippen LogP contribution is -2.45. The van der Waals surface area contributed by atoms with Gasteiger partial charge in [0, 0.05) is 54.6 Å². The second-order valence-corrected chi connectivity index (χ2v) is 17.3. The molecule has 19 heteroatoms. The number of esters is 3. The Kier molecular flexibility index (Phi) is 11.9. The standard InChI is InChI=1S/C24H23NO8.C20H19NO5.C4H5ClO3/c1-3-28-23(26)24(27)33-19-7-12-6-17-18(31-10-30-17)8-14(12)21-20(19)13-4-5-16-22(32-11-29-16)15(13)9-25(21)2;1-21-7-13-11(2-3-15-20(13)26-9-23-15)18-14(22)4-10-5-16-17(25-8-24-16)6-12(10)19(18)21;1-2-8-4(7)3(5)6/h4-6,8,19-21H,3,7,9-11H2,1-2H3;2-3,5-6,14,18-19,22H,4,7-9H2,1H3;2H2,1H3. The van der Waals surface area contributed by atoms with Gasteiger partial charge in [-0.05, 0) is 116 Å². The molecule has 67 heavy (non-hydrogen) atoms. The van der Waals surface area contributed by atoms with E-state index in [2.05, 4.69) is 33.7 Å². The van der Waals surface area contributed by atoms with E-state index in [1.165, 1.54) is 5.56 Å². The minimum Gasteiger partial charge on any atom is -0.459 e. The number of likely N-dealkylation sites (N-methyl/N-ethyl adjacent to an activating group) is 2. The second-order valence-electron chi connectivity index (χ2n) is 16.9. The van der Waals surface area contributed by atoms with Crippen molar-refractivity contribution in [2.45, 2.75) is 75.9 Å². The molecule has 0 amide bonds. The molecule has 352 valence electrons. The van der Waals surface area contributed by atoms with Crippen LogP contribution in [0.2, 0.25) is 0 Å². The number of nitrogens with zero attached hydrogens (tertiary/aromatic N) is 2. The average molecular weight is 943 g/mol. The zero-order valence-electron chi connectivity index (χ0n) is 37.0. The van der Waals surface area contributed by atoms with E-state index in [4.69, 9.17) is 59.0 Å². The van der Waals surface area contributed by atoms with Gasteiger partial charge in [-0.2, -0.15) is 0 Å². The summed E-state index contributed by atoms with van der Waals surface area (Å²) in [5, 5.41) is 9.96. The van der Waals surface area contributed by atoms with Crippen LogP contribution in [0.4, 0.5) is 0 Å². The first kappa shape index (κ1) is 44.4. The molecule has 0 bridgehead atoms. The molecule has 6 unspecified atom stereocenters. The lowest BCUT2D eigenvalue weighted by molar-refractivity contribution is -0.172. The summed E-state index contributed by atoms with van der Waals surface area (Å²) in [6, 6.07) is 16.0. The van der Waals surface area contributed by atoms with E-state index in [1.54, 1.807) is 13.8 Å². The van der Waals surface area contributed by atoms with Crippen LogP contribution in [-0.2, 0) is 59.3 Å².